The average Bonchev–Trinajstić information content (AvgIpc) is 3.18. The van der Waals surface area contributed by atoms with Crippen LogP contribution in [0.1, 0.15) is 27.7 Å². The Balaban J connectivity index is 1.29. The van der Waals surface area contributed by atoms with Crippen molar-refractivity contribution in [1.82, 2.24) is 24.7 Å². The molecule has 7 heteroatoms. The maximum Gasteiger partial charge on any atom is 0.259 e. The van der Waals surface area contributed by atoms with E-state index in [1.807, 2.05) is 31.3 Å². The van der Waals surface area contributed by atoms with Gasteiger partial charge < -0.3 is 14.5 Å². The van der Waals surface area contributed by atoms with Crippen LogP contribution >= 0.6 is 0 Å². The summed E-state index contributed by atoms with van der Waals surface area (Å²) < 4.78 is 5.89. The number of rotatable bonds is 6. The Bertz CT molecular complexity index is 1100. The molecule has 5 rings (SSSR count). The molecule has 7 nitrogen and oxygen atoms in total. The first kappa shape index (κ1) is 21.6. The van der Waals surface area contributed by atoms with Gasteiger partial charge in [-0.1, -0.05) is 30.3 Å². The number of hydrogen-bond donors (Lipinski definition) is 0. The van der Waals surface area contributed by atoms with E-state index in [0.29, 0.717) is 31.0 Å². The summed E-state index contributed by atoms with van der Waals surface area (Å²) in [5, 5.41) is 0. The number of aromatic nitrogens is 2. The summed E-state index contributed by atoms with van der Waals surface area (Å²) in [4.78, 5) is 28.6. The predicted octanol–water partition coefficient (Wildman–Crippen LogP) is 2.94. The maximum atomic E-state index is 13.3. The van der Waals surface area contributed by atoms with E-state index in [0.717, 1.165) is 25.3 Å². The molecular weight excluding hydrogens is 414 g/mol. The van der Waals surface area contributed by atoms with Gasteiger partial charge in [0.1, 0.15) is 12.4 Å². The number of likely N-dealkylation sites (N-methyl/N-ethyl adjacent to an activating group) is 1. The molecule has 1 saturated heterocycles. The van der Waals surface area contributed by atoms with Crippen molar-refractivity contribution in [3.63, 3.8) is 0 Å². The van der Waals surface area contributed by atoms with Gasteiger partial charge in [0.05, 0.1) is 17.3 Å². The van der Waals surface area contributed by atoms with Crippen LogP contribution in [0.2, 0.25) is 0 Å². The molecule has 1 amide bonds. The normalized spacial score (nSPS) is 17.7. The molecule has 2 aliphatic rings. The third-order valence-electron chi connectivity index (χ3n) is 6.42. The van der Waals surface area contributed by atoms with Crippen molar-refractivity contribution >= 4 is 5.91 Å². The minimum absolute atomic E-state index is 0.0204. The molecule has 1 aliphatic carbocycles. The van der Waals surface area contributed by atoms with E-state index in [9.17, 15) is 4.79 Å². The Hall–Kier alpha value is -3.29. The van der Waals surface area contributed by atoms with Crippen LogP contribution in [0, 0.1) is 0 Å². The second-order valence-electron chi connectivity index (χ2n) is 8.78. The molecule has 0 saturated carbocycles. The third-order valence-corrected chi connectivity index (χ3v) is 6.42. The number of nitrogens with zero attached hydrogens (tertiary/aromatic N) is 5. The van der Waals surface area contributed by atoms with E-state index < -0.39 is 0 Å². The molecular formula is C26H29N5O2. The highest BCUT2D eigenvalue weighted by molar-refractivity contribution is 5.96. The molecule has 1 aromatic carbocycles. The number of pyridine rings is 2. The van der Waals surface area contributed by atoms with Crippen molar-refractivity contribution in [2.45, 2.75) is 6.04 Å². The van der Waals surface area contributed by atoms with Gasteiger partial charge in [0.15, 0.2) is 0 Å². The fraction of sp³-hybridized carbons (Fsp3) is 0.346. The number of hydrogen-bond acceptors (Lipinski definition) is 6. The summed E-state index contributed by atoms with van der Waals surface area (Å²) >= 11 is 0. The highest BCUT2D eigenvalue weighted by Gasteiger charge is 2.36. The fourth-order valence-electron chi connectivity index (χ4n) is 4.72. The summed E-state index contributed by atoms with van der Waals surface area (Å²) in [6.07, 6.45) is 5.16. The molecule has 33 heavy (non-hydrogen) atoms. The zero-order valence-electron chi connectivity index (χ0n) is 19.1. The van der Waals surface area contributed by atoms with Crippen LogP contribution in [0.3, 0.4) is 0 Å². The summed E-state index contributed by atoms with van der Waals surface area (Å²) in [5.74, 6) is 0.579. The number of benzene rings is 1. The van der Waals surface area contributed by atoms with Crippen molar-refractivity contribution in [1.29, 1.82) is 0 Å². The Morgan fingerprint density at radius 2 is 1.82 bits per heavy atom. The first-order chi connectivity index (χ1) is 16.1. The third kappa shape index (κ3) is 4.21. The van der Waals surface area contributed by atoms with Gasteiger partial charge in [0.25, 0.3) is 5.91 Å². The van der Waals surface area contributed by atoms with Crippen molar-refractivity contribution in [3.05, 3.63) is 77.9 Å². The van der Waals surface area contributed by atoms with Crippen LogP contribution in [-0.2, 0) is 0 Å². The second-order valence-corrected chi connectivity index (χ2v) is 8.78. The van der Waals surface area contributed by atoms with E-state index in [1.54, 1.807) is 18.5 Å². The fourth-order valence-corrected chi connectivity index (χ4v) is 4.72. The van der Waals surface area contributed by atoms with E-state index in [1.165, 1.54) is 16.7 Å². The monoisotopic (exact) mass is 443 g/mol. The Kier molecular flexibility index (Phi) is 6.07. The zero-order chi connectivity index (χ0) is 22.8. The van der Waals surface area contributed by atoms with E-state index in [4.69, 9.17) is 9.72 Å². The van der Waals surface area contributed by atoms with Crippen molar-refractivity contribution in [2.24, 2.45) is 0 Å². The molecule has 0 bridgehead atoms. The van der Waals surface area contributed by atoms with Crippen LogP contribution in [0.5, 0.6) is 5.75 Å². The first-order valence-electron chi connectivity index (χ1n) is 11.4. The summed E-state index contributed by atoms with van der Waals surface area (Å²) in [6.45, 7) is 4.21. The quantitative estimate of drug-likeness (QED) is 0.584. The summed E-state index contributed by atoms with van der Waals surface area (Å²) in [6, 6.07) is 14.6. The van der Waals surface area contributed by atoms with Gasteiger partial charge in [-0.15, -0.1) is 0 Å². The summed E-state index contributed by atoms with van der Waals surface area (Å²) in [7, 11) is 4.00. The van der Waals surface area contributed by atoms with Crippen LogP contribution < -0.4 is 4.74 Å². The van der Waals surface area contributed by atoms with Crippen LogP contribution in [0.25, 0.3) is 11.1 Å². The second kappa shape index (κ2) is 9.29. The Labute approximate surface area is 194 Å². The van der Waals surface area contributed by atoms with Crippen LogP contribution in [0.15, 0.2) is 61.1 Å². The maximum absolute atomic E-state index is 13.3. The molecule has 0 N–H and O–H groups in total. The molecule has 3 aromatic rings. The van der Waals surface area contributed by atoms with Crippen molar-refractivity contribution < 1.29 is 9.53 Å². The molecule has 1 fully saturated rings. The minimum atomic E-state index is -0.0204. The zero-order valence-corrected chi connectivity index (χ0v) is 19.1. The molecule has 2 aromatic heterocycles. The average molecular weight is 444 g/mol. The Morgan fingerprint density at radius 3 is 2.64 bits per heavy atom. The molecule has 0 radical (unpaired) electrons. The highest BCUT2D eigenvalue weighted by Crippen LogP contribution is 2.45. The van der Waals surface area contributed by atoms with E-state index >= 15 is 0 Å². The lowest BCUT2D eigenvalue weighted by molar-refractivity contribution is 0.0593. The predicted molar refractivity (Wildman–Crippen MR) is 127 cm³/mol. The first-order valence-corrected chi connectivity index (χ1v) is 11.4. The molecule has 0 spiro atoms. The SMILES string of the molecule is CN(C)CCOc1ccncc1C(=O)N1CCN(C2c3ccccc3-c3cccnc32)CC1. The lowest BCUT2D eigenvalue weighted by Crippen LogP contribution is -2.49. The number of ether oxygens (including phenoxy) is 1. The highest BCUT2D eigenvalue weighted by atomic mass is 16.5. The lowest BCUT2D eigenvalue weighted by atomic mass is 10.0. The van der Waals surface area contributed by atoms with Crippen LogP contribution in [0.4, 0.5) is 0 Å². The molecule has 3 heterocycles. The van der Waals surface area contributed by atoms with Crippen molar-refractivity contribution in [2.75, 3.05) is 53.4 Å². The lowest BCUT2D eigenvalue weighted by Gasteiger charge is -2.38. The van der Waals surface area contributed by atoms with E-state index in [-0.39, 0.29) is 11.9 Å². The molecule has 1 aliphatic heterocycles. The molecule has 170 valence electrons. The number of piperazine rings is 1. The van der Waals surface area contributed by atoms with Crippen LogP contribution in [-0.4, -0.2) is 84.0 Å². The number of amides is 1. The Morgan fingerprint density at radius 1 is 1.03 bits per heavy atom. The number of carbonyl (C=O) groups excluding carboxylic acids is 1. The van der Waals surface area contributed by atoms with Crippen molar-refractivity contribution in [3.8, 4) is 16.9 Å². The van der Waals surface area contributed by atoms with Gasteiger partial charge in [-0.3, -0.25) is 19.7 Å². The van der Waals surface area contributed by atoms with E-state index in [2.05, 4.69) is 45.1 Å². The van der Waals surface area contributed by atoms with Gasteiger partial charge in [-0.05, 0) is 37.4 Å². The smallest absolute Gasteiger partial charge is 0.259 e. The topological polar surface area (TPSA) is 61.8 Å². The van der Waals surface area contributed by atoms with Gasteiger partial charge in [0, 0.05) is 56.9 Å². The number of fused-ring (bicyclic) bond motifs is 3. The van der Waals surface area contributed by atoms with Gasteiger partial charge in [-0.25, -0.2) is 0 Å². The largest absolute Gasteiger partial charge is 0.491 e. The minimum Gasteiger partial charge on any atom is -0.491 e. The molecule has 1 unspecified atom stereocenters. The molecule has 1 atom stereocenters. The number of carbonyl (C=O) groups is 1. The summed E-state index contributed by atoms with van der Waals surface area (Å²) in [5.41, 5.74) is 5.42. The standard InChI is InChI=1S/C26H29N5O2/c1-29(2)16-17-33-23-9-11-27-18-22(23)26(32)31-14-12-30(13-15-31)25-21-7-4-3-6-19(21)20-8-5-10-28-24(20)25/h3-11,18,25H,12-17H2,1-2H3. The van der Waals surface area contributed by atoms with Gasteiger partial charge >= 0.3 is 0 Å². The van der Waals surface area contributed by atoms with Gasteiger partial charge in [-0.2, -0.15) is 0 Å². The van der Waals surface area contributed by atoms with Gasteiger partial charge in [0.2, 0.25) is 0 Å².